The lowest BCUT2D eigenvalue weighted by atomic mass is 9.89. The van der Waals surface area contributed by atoms with Crippen LogP contribution in [0.5, 0.6) is 0 Å². The molecule has 0 heterocycles. The van der Waals surface area contributed by atoms with Crippen molar-refractivity contribution in [2.24, 2.45) is 11.8 Å². The maximum atomic E-state index is 13.2. The van der Waals surface area contributed by atoms with Gasteiger partial charge in [0, 0.05) is 13.7 Å². The van der Waals surface area contributed by atoms with Gasteiger partial charge in [-0.05, 0) is 42.5 Å². The van der Waals surface area contributed by atoms with Gasteiger partial charge in [-0.15, -0.1) is 0 Å². The van der Waals surface area contributed by atoms with Crippen LogP contribution >= 0.6 is 0 Å². The molecule has 108 valence electrons. The van der Waals surface area contributed by atoms with E-state index in [1.807, 2.05) is 0 Å². The molecule has 0 amide bonds. The van der Waals surface area contributed by atoms with Crippen molar-refractivity contribution in [2.45, 2.75) is 20.3 Å². The fourth-order valence-electron chi connectivity index (χ4n) is 1.97. The zero-order valence-corrected chi connectivity index (χ0v) is 11.9. The molecule has 0 aromatic heterocycles. The molecule has 0 spiro atoms. The Kier molecular flexibility index (Phi) is 6.95. The average molecular weight is 271 g/mol. The molecule has 0 radical (unpaired) electrons. The summed E-state index contributed by atoms with van der Waals surface area (Å²) in [7, 11) is 1.67. The molecule has 0 aliphatic heterocycles. The van der Waals surface area contributed by atoms with E-state index in [9.17, 15) is 8.78 Å². The third kappa shape index (κ3) is 5.66. The van der Waals surface area contributed by atoms with Crippen LogP contribution in [0.15, 0.2) is 18.2 Å². The Balaban J connectivity index is 2.54. The highest BCUT2D eigenvalue weighted by molar-refractivity contribution is 5.18. The first-order valence-electron chi connectivity index (χ1n) is 6.68. The largest absolute Gasteiger partial charge is 0.383 e. The van der Waals surface area contributed by atoms with Gasteiger partial charge in [0.25, 0.3) is 0 Å². The lowest BCUT2D eigenvalue weighted by Crippen LogP contribution is -2.30. The topological polar surface area (TPSA) is 21.3 Å². The summed E-state index contributed by atoms with van der Waals surface area (Å²) in [4.78, 5) is 0. The molecule has 0 fully saturated rings. The van der Waals surface area contributed by atoms with Crippen LogP contribution in [-0.4, -0.2) is 26.8 Å². The van der Waals surface area contributed by atoms with Crippen molar-refractivity contribution in [3.63, 3.8) is 0 Å². The van der Waals surface area contributed by atoms with Crippen molar-refractivity contribution in [1.82, 2.24) is 5.32 Å². The Morgan fingerprint density at radius 1 is 1.21 bits per heavy atom. The maximum Gasteiger partial charge on any atom is 0.159 e. The molecular weight excluding hydrogens is 248 g/mol. The second kappa shape index (κ2) is 8.23. The molecule has 0 bridgehead atoms. The van der Waals surface area contributed by atoms with E-state index in [1.165, 1.54) is 12.1 Å². The monoisotopic (exact) mass is 271 g/mol. The van der Waals surface area contributed by atoms with Gasteiger partial charge in [-0.2, -0.15) is 0 Å². The Labute approximate surface area is 114 Å². The summed E-state index contributed by atoms with van der Waals surface area (Å²) in [6.07, 6.45) is 0.745. The first-order valence-corrected chi connectivity index (χ1v) is 6.68. The fraction of sp³-hybridized carbons (Fsp3) is 0.600. The summed E-state index contributed by atoms with van der Waals surface area (Å²) >= 11 is 0. The summed E-state index contributed by atoms with van der Waals surface area (Å²) in [6, 6.07) is 4.14. The molecule has 1 unspecified atom stereocenters. The number of hydrogen-bond acceptors (Lipinski definition) is 2. The molecule has 1 aromatic carbocycles. The Morgan fingerprint density at radius 2 is 1.95 bits per heavy atom. The summed E-state index contributed by atoms with van der Waals surface area (Å²) in [5.74, 6) is -0.694. The third-order valence-corrected chi connectivity index (χ3v) is 3.31. The van der Waals surface area contributed by atoms with E-state index in [0.717, 1.165) is 25.1 Å². The van der Waals surface area contributed by atoms with Crippen molar-refractivity contribution < 1.29 is 13.5 Å². The van der Waals surface area contributed by atoms with Gasteiger partial charge < -0.3 is 10.1 Å². The van der Waals surface area contributed by atoms with Crippen LogP contribution in [0.1, 0.15) is 19.4 Å². The highest BCUT2D eigenvalue weighted by atomic mass is 19.2. The minimum absolute atomic E-state index is 0.390. The Hall–Kier alpha value is -1.00. The maximum absolute atomic E-state index is 13.2. The minimum atomic E-state index is -0.789. The van der Waals surface area contributed by atoms with Crippen LogP contribution in [-0.2, 0) is 11.2 Å². The van der Waals surface area contributed by atoms with Gasteiger partial charge in [-0.3, -0.25) is 0 Å². The molecule has 19 heavy (non-hydrogen) atoms. The number of halogens is 2. The molecule has 0 aliphatic carbocycles. The van der Waals surface area contributed by atoms with Gasteiger partial charge in [0.05, 0.1) is 6.61 Å². The van der Waals surface area contributed by atoms with Gasteiger partial charge in [-0.1, -0.05) is 19.9 Å². The zero-order chi connectivity index (χ0) is 14.3. The minimum Gasteiger partial charge on any atom is -0.383 e. The second-order valence-corrected chi connectivity index (χ2v) is 5.15. The molecule has 2 nitrogen and oxygen atoms in total. The van der Waals surface area contributed by atoms with Crippen LogP contribution in [0, 0.1) is 23.5 Å². The summed E-state index contributed by atoms with van der Waals surface area (Å²) < 4.78 is 31.0. The third-order valence-electron chi connectivity index (χ3n) is 3.31. The summed E-state index contributed by atoms with van der Waals surface area (Å²) in [5, 5.41) is 3.32. The molecule has 1 N–H and O–H groups in total. The van der Waals surface area contributed by atoms with Crippen LogP contribution in [0.4, 0.5) is 8.78 Å². The highest BCUT2D eigenvalue weighted by Gasteiger charge is 2.14. The number of ether oxygens (including phenoxy) is 1. The van der Waals surface area contributed by atoms with Gasteiger partial charge in [0.1, 0.15) is 0 Å². The lowest BCUT2D eigenvalue weighted by Gasteiger charge is -2.21. The highest BCUT2D eigenvalue weighted by Crippen LogP contribution is 2.18. The van der Waals surface area contributed by atoms with Gasteiger partial charge in [0.2, 0.25) is 0 Å². The lowest BCUT2D eigenvalue weighted by molar-refractivity contribution is 0.196. The first kappa shape index (κ1) is 16.1. The number of rotatable bonds is 8. The Morgan fingerprint density at radius 3 is 2.53 bits per heavy atom. The second-order valence-electron chi connectivity index (χ2n) is 5.15. The fourth-order valence-corrected chi connectivity index (χ4v) is 1.97. The van der Waals surface area contributed by atoms with E-state index in [1.54, 1.807) is 13.2 Å². The predicted octanol–water partition coefficient (Wildman–Crippen LogP) is 3.02. The van der Waals surface area contributed by atoms with E-state index in [-0.39, 0.29) is 0 Å². The first-order chi connectivity index (χ1) is 9.04. The van der Waals surface area contributed by atoms with E-state index >= 15 is 0 Å². The van der Waals surface area contributed by atoms with Crippen molar-refractivity contribution in [1.29, 1.82) is 0 Å². The number of benzene rings is 1. The quantitative estimate of drug-likeness (QED) is 0.734. The average Bonchev–Trinajstić information content (AvgIpc) is 2.37. The molecule has 0 aliphatic rings. The standard InChI is InChI=1S/C15H23F2NO/c1-11(2)13(10-18-6-7-19-3)8-12-4-5-14(16)15(17)9-12/h4-5,9,11,13,18H,6-8,10H2,1-3H3. The van der Waals surface area contributed by atoms with E-state index in [4.69, 9.17) is 4.74 Å². The van der Waals surface area contributed by atoms with Crippen LogP contribution in [0.25, 0.3) is 0 Å². The zero-order valence-electron chi connectivity index (χ0n) is 11.9. The molecular formula is C15H23F2NO. The predicted molar refractivity (Wildman–Crippen MR) is 73.1 cm³/mol. The number of nitrogens with one attached hydrogen (secondary N) is 1. The molecule has 0 saturated heterocycles. The van der Waals surface area contributed by atoms with Crippen molar-refractivity contribution in [3.05, 3.63) is 35.4 Å². The number of hydrogen-bond donors (Lipinski definition) is 1. The van der Waals surface area contributed by atoms with Crippen molar-refractivity contribution >= 4 is 0 Å². The van der Waals surface area contributed by atoms with Gasteiger partial charge in [0.15, 0.2) is 11.6 Å². The van der Waals surface area contributed by atoms with E-state index in [2.05, 4.69) is 19.2 Å². The molecule has 4 heteroatoms. The molecule has 1 rings (SSSR count). The van der Waals surface area contributed by atoms with Crippen molar-refractivity contribution in [2.75, 3.05) is 26.8 Å². The van der Waals surface area contributed by atoms with Crippen LogP contribution in [0.3, 0.4) is 0 Å². The van der Waals surface area contributed by atoms with Crippen LogP contribution < -0.4 is 5.32 Å². The van der Waals surface area contributed by atoms with Gasteiger partial charge in [-0.25, -0.2) is 8.78 Å². The summed E-state index contributed by atoms with van der Waals surface area (Å²) in [5.41, 5.74) is 0.839. The Bertz CT molecular complexity index is 382. The van der Waals surface area contributed by atoms with Gasteiger partial charge >= 0.3 is 0 Å². The van der Waals surface area contributed by atoms with E-state index in [0.29, 0.717) is 18.4 Å². The smallest absolute Gasteiger partial charge is 0.159 e. The SMILES string of the molecule is COCCNCC(Cc1ccc(F)c(F)c1)C(C)C. The summed E-state index contributed by atoms with van der Waals surface area (Å²) in [6.45, 7) is 6.61. The molecule has 0 saturated carbocycles. The van der Waals surface area contributed by atoms with Crippen LogP contribution in [0.2, 0.25) is 0 Å². The molecule has 1 aromatic rings. The molecule has 1 atom stereocenters. The van der Waals surface area contributed by atoms with Crippen molar-refractivity contribution in [3.8, 4) is 0 Å². The van der Waals surface area contributed by atoms with E-state index < -0.39 is 11.6 Å². The number of methoxy groups -OCH3 is 1. The normalized spacial score (nSPS) is 12.9.